The van der Waals surface area contributed by atoms with E-state index in [1.807, 2.05) is 24.3 Å². The molecule has 1 fully saturated rings. The Balaban J connectivity index is 1.43. The van der Waals surface area contributed by atoms with Crippen molar-refractivity contribution in [3.63, 3.8) is 0 Å². The van der Waals surface area contributed by atoms with Crippen molar-refractivity contribution in [2.45, 2.75) is 123 Å². The standard InChI is InChI=1S/C33H57N3O4/c1-3-4-5-6-7-8-9-10-11-12-13-14-15-16-17-20-23-34-32(37)39-28-30-21-18-19-22-31(30)29-40-33(38)36-26-24-35(2)25-27-36/h18-19,21-22H,3-17,20,23-29H2,1-2H3,(H,34,37). The fourth-order valence-electron chi connectivity index (χ4n) is 5.12. The molecule has 7 nitrogen and oxygen atoms in total. The van der Waals surface area contributed by atoms with Crippen molar-refractivity contribution in [2.24, 2.45) is 0 Å². The lowest BCUT2D eigenvalue weighted by atomic mass is 10.0. The molecule has 2 rings (SSSR count). The lowest BCUT2D eigenvalue weighted by molar-refractivity contribution is 0.0761. The Kier molecular flexibility index (Phi) is 19.0. The number of unbranched alkanes of at least 4 members (excludes halogenated alkanes) is 15. The van der Waals surface area contributed by atoms with E-state index in [2.05, 4.69) is 24.2 Å². The van der Waals surface area contributed by atoms with E-state index >= 15 is 0 Å². The van der Waals surface area contributed by atoms with E-state index in [0.717, 1.165) is 37.1 Å². The fraction of sp³-hybridized carbons (Fsp3) is 0.758. The number of alkyl carbamates (subject to hydrolysis) is 1. The Bertz CT molecular complexity index is 796. The summed E-state index contributed by atoms with van der Waals surface area (Å²) < 4.78 is 11.0. The third-order valence-corrected chi connectivity index (χ3v) is 7.89. The first-order valence-electron chi connectivity index (χ1n) is 16.2. The molecule has 1 N–H and O–H groups in total. The number of carbonyl (C=O) groups is 2. The van der Waals surface area contributed by atoms with Crippen LogP contribution in [0.2, 0.25) is 0 Å². The number of carbonyl (C=O) groups excluding carboxylic acids is 2. The summed E-state index contributed by atoms with van der Waals surface area (Å²) in [4.78, 5) is 28.5. The Hall–Kier alpha value is -2.28. The lowest BCUT2D eigenvalue weighted by Gasteiger charge is -2.31. The third-order valence-electron chi connectivity index (χ3n) is 7.89. The minimum absolute atomic E-state index is 0.160. The van der Waals surface area contributed by atoms with Crippen molar-refractivity contribution in [1.29, 1.82) is 0 Å². The number of nitrogens with one attached hydrogen (secondary N) is 1. The van der Waals surface area contributed by atoms with E-state index < -0.39 is 6.09 Å². The Labute approximate surface area is 244 Å². The van der Waals surface area contributed by atoms with Gasteiger partial charge in [0.15, 0.2) is 0 Å². The molecule has 1 heterocycles. The van der Waals surface area contributed by atoms with Gasteiger partial charge in [0, 0.05) is 32.7 Å². The van der Waals surface area contributed by atoms with Crippen molar-refractivity contribution in [1.82, 2.24) is 15.1 Å². The molecular formula is C33H57N3O4. The average Bonchev–Trinajstić information content (AvgIpc) is 2.97. The SMILES string of the molecule is CCCCCCCCCCCCCCCCCCNC(=O)OCc1ccccc1COC(=O)N1CCN(C)CC1. The van der Waals surface area contributed by atoms with Gasteiger partial charge < -0.3 is 24.6 Å². The second-order valence-electron chi connectivity index (χ2n) is 11.4. The summed E-state index contributed by atoms with van der Waals surface area (Å²) in [7, 11) is 2.05. The van der Waals surface area contributed by atoms with Crippen molar-refractivity contribution in [2.75, 3.05) is 39.8 Å². The molecular weight excluding hydrogens is 502 g/mol. The molecule has 0 atom stereocenters. The van der Waals surface area contributed by atoms with Gasteiger partial charge in [-0.15, -0.1) is 0 Å². The molecule has 40 heavy (non-hydrogen) atoms. The summed E-state index contributed by atoms with van der Waals surface area (Å²) in [6, 6.07) is 7.62. The van der Waals surface area contributed by atoms with Gasteiger partial charge in [0.25, 0.3) is 0 Å². The van der Waals surface area contributed by atoms with Crippen molar-refractivity contribution < 1.29 is 19.1 Å². The van der Waals surface area contributed by atoms with E-state index in [1.54, 1.807) is 4.90 Å². The molecule has 1 aromatic rings. The molecule has 0 aliphatic carbocycles. The molecule has 0 aromatic heterocycles. The lowest BCUT2D eigenvalue weighted by Crippen LogP contribution is -2.47. The van der Waals surface area contributed by atoms with Gasteiger partial charge >= 0.3 is 12.2 Å². The largest absolute Gasteiger partial charge is 0.445 e. The molecule has 1 aromatic carbocycles. The van der Waals surface area contributed by atoms with Gasteiger partial charge in [-0.1, -0.05) is 128 Å². The molecule has 0 unspecified atom stereocenters. The maximum atomic E-state index is 12.4. The topological polar surface area (TPSA) is 71.1 Å². The molecule has 228 valence electrons. The van der Waals surface area contributed by atoms with Gasteiger partial charge in [-0.3, -0.25) is 0 Å². The maximum absolute atomic E-state index is 12.4. The van der Waals surface area contributed by atoms with Crippen LogP contribution in [0.15, 0.2) is 24.3 Å². The van der Waals surface area contributed by atoms with Crippen LogP contribution in [-0.4, -0.2) is 61.8 Å². The van der Waals surface area contributed by atoms with Crippen LogP contribution in [0, 0.1) is 0 Å². The van der Waals surface area contributed by atoms with E-state index in [0.29, 0.717) is 19.6 Å². The van der Waals surface area contributed by atoms with E-state index in [4.69, 9.17) is 9.47 Å². The number of amides is 2. The van der Waals surface area contributed by atoms with Crippen LogP contribution in [0.4, 0.5) is 9.59 Å². The molecule has 1 aliphatic heterocycles. The van der Waals surface area contributed by atoms with Crippen LogP contribution in [-0.2, 0) is 22.7 Å². The molecule has 0 bridgehead atoms. The summed E-state index contributed by atoms with van der Waals surface area (Å²) in [5.74, 6) is 0. The number of nitrogens with zero attached hydrogens (tertiary/aromatic N) is 2. The van der Waals surface area contributed by atoms with Gasteiger partial charge in [-0.2, -0.15) is 0 Å². The molecule has 7 heteroatoms. The Morgan fingerprint density at radius 2 is 1.12 bits per heavy atom. The zero-order valence-corrected chi connectivity index (χ0v) is 25.6. The van der Waals surface area contributed by atoms with E-state index in [9.17, 15) is 9.59 Å². The molecule has 1 aliphatic rings. The van der Waals surface area contributed by atoms with Crippen LogP contribution >= 0.6 is 0 Å². The highest BCUT2D eigenvalue weighted by molar-refractivity contribution is 5.68. The van der Waals surface area contributed by atoms with Gasteiger partial charge in [-0.05, 0) is 24.6 Å². The van der Waals surface area contributed by atoms with Crippen molar-refractivity contribution in [3.05, 3.63) is 35.4 Å². The van der Waals surface area contributed by atoms with Gasteiger partial charge in [0.05, 0.1) is 0 Å². The van der Waals surface area contributed by atoms with Gasteiger partial charge in [-0.25, -0.2) is 9.59 Å². The molecule has 2 amide bonds. The van der Waals surface area contributed by atoms with Crippen LogP contribution < -0.4 is 5.32 Å². The number of ether oxygens (including phenoxy) is 2. The molecule has 0 spiro atoms. The van der Waals surface area contributed by atoms with Crippen molar-refractivity contribution >= 4 is 12.2 Å². The first-order chi connectivity index (χ1) is 19.6. The molecule has 0 radical (unpaired) electrons. The van der Waals surface area contributed by atoms with Crippen LogP contribution in [0.3, 0.4) is 0 Å². The highest BCUT2D eigenvalue weighted by Gasteiger charge is 2.20. The Morgan fingerprint density at radius 1 is 0.675 bits per heavy atom. The normalized spacial score (nSPS) is 13.8. The second-order valence-corrected chi connectivity index (χ2v) is 11.4. The quantitative estimate of drug-likeness (QED) is 0.154. The smallest absolute Gasteiger partial charge is 0.410 e. The first-order valence-corrected chi connectivity index (χ1v) is 16.2. The number of hydrogen-bond donors (Lipinski definition) is 1. The predicted octanol–water partition coefficient (Wildman–Crippen LogP) is 8.06. The molecule has 1 saturated heterocycles. The monoisotopic (exact) mass is 559 g/mol. The van der Waals surface area contributed by atoms with Gasteiger partial charge in [0.2, 0.25) is 0 Å². The zero-order chi connectivity index (χ0) is 28.7. The minimum Gasteiger partial charge on any atom is -0.445 e. The number of benzene rings is 1. The number of hydrogen-bond acceptors (Lipinski definition) is 5. The van der Waals surface area contributed by atoms with Gasteiger partial charge in [0.1, 0.15) is 13.2 Å². The van der Waals surface area contributed by atoms with Crippen molar-refractivity contribution in [3.8, 4) is 0 Å². The fourth-order valence-corrected chi connectivity index (χ4v) is 5.12. The number of piperazine rings is 1. The second kappa shape index (κ2) is 22.4. The van der Waals surface area contributed by atoms with Crippen LogP contribution in [0.5, 0.6) is 0 Å². The summed E-state index contributed by atoms with van der Waals surface area (Å²) in [6.07, 6.45) is 20.7. The highest BCUT2D eigenvalue weighted by Crippen LogP contribution is 2.15. The molecule has 0 saturated carbocycles. The summed E-state index contributed by atoms with van der Waals surface area (Å²) in [5, 5.41) is 2.86. The highest BCUT2D eigenvalue weighted by atomic mass is 16.6. The van der Waals surface area contributed by atoms with Crippen LogP contribution in [0.25, 0.3) is 0 Å². The van der Waals surface area contributed by atoms with E-state index in [1.165, 1.54) is 89.9 Å². The number of rotatable bonds is 21. The minimum atomic E-state index is -0.398. The van der Waals surface area contributed by atoms with Crippen LogP contribution in [0.1, 0.15) is 121 Å². The first kappa shape index (κ1) is 33.9. The average molecular weight is 560 g/mol. The van der Waals surface area contributed by atoms with E-state index in [-0.39, 0.29) is 19.3 Å². The Morgan fingerprint density at radius 3 is 1.62 bits per heavy atom. The summed E-state index contributed by atoms with van der Waals surface area (Å²) in [6.45, 7) is 6.32. The maximum Gasteiger partial charge on any atom is 0.410 e. The number of likely N-dealkylation sites (N-methyl/N-ethyl adjacent to an activating group) is 1. The third kappa shape index (κ3) is 16.1. The summed E-state index contributed by atoms with van der Waals surface area (Å²) >= 11 is 0. The zero-order valence-electron chi connectivity index (χ0n) is 25.6. The predicted molar refractivity (Wildman–Crippen MR) is 163 cm³/mol. The summed E-state index contributed by atoms with van der Waals surface area (Å²) in [5.41, 5.74) is 1.71.